The molecule has 1 aromatic carbocycles. The summed E-state index contributed by atoms with van der Waals surface area (Å²) in [7, 11) is 0. The zero-order valence-corrected chi connectivity index (χ0v) is 22.7. The highest BCUT2D eigenvalue weighted by Crippen LogP contribution is 2.47. The van der Waals surface area contributed by atoms with E-state index >= 15 is 0 Å². The number of H-pyrrole nitrogens is 1. The monoisotopic (exact) mass is 530 g/mol. The lowest BCUT2D eigenvalue weighted by Gasteiger charge is -2.54. The third-order valence-corrected chi connectivity index (χ3v) is 10.1. The van der Waals surface area contributed by atoms with E-state index in [0.717, 1.165) is 34.9 Å². The lowest BCUT2D eigenvalue weighted by Crippen LogP contribution is -2.58. The largest absolute Gasteiger partial charge is 0.351 e. The topological polar surface area (TPSA) is 106 Å². The molecular weight excluding hydrogens is 492 g/mol. The van der Waals surface area contributed by atoms with Gasteiger partial charge in [0.15, 0.2) is 0 Å². The number of nitrogens with zero attached hydrogens (tertiary/aromatic N) is 5. The van der Waals surface area contributed by atoms with Crippen molar-refractivity contribution in [2.45, 2.75) is 108 Å². The molecule has 4 aliphatic rings. The van der Waals surface area contributed by atoms with Crippen molar-refractivity contribution in [1.82, 2.24) is 29.2 Å². The van der Waals surface area contributed by atoms with Gasteiger partial charge in [-0.15, -0.1) is 0 Å². The number of nitrogens with one attached hydrogen (secondary N) is 1. The molecule has 2 saturated carbocycles. The molecule has 9 nitrogen and oxygen atoms in total. The number of aromatic nitrogens is 5. The average Bonchev–Trinajstić information content (AvgIpc) is 3.09. The maximum Gasteiger partial charge on any atom is 0.351 e. The van der Waals surface area contributed by atoms with Crippen molar-refractivity contribution in [2.24, 2.45) is 11.8 Å². The Morgan fingerprint density at radius 1 is 0.795 bits per heavy atom. The Labute approximate surface area is 227 Å². The minimum Gasteiger partial charge on any atom is -0.300 e. The normalized spacial score (nSPS) is 31.2. The SMILES string of the molecule is Cc1nn(-c2nc3ccccc3n([C@H]3C[C@H]4CCC[C@@H](C3)N4[C@@H]3C[C@@H]4CCCC[C@@H](C4)C3)c2=O)c(=O)[nH]c1=O. The van der Waals surface area contributed by atoms with E-state index in [1.807, 2.05) is 28.8 Å². The second-order valence-corrected chi connectivity index (χ2v) is 12.5. The first-order chi connectivity index (χ1) is 19.0. The molecule has 2 aliphatic carbocycles. The van der Waals surface area contributed by atoms with E-state index in [0.29, 0.717) is 23.6 Å². The molecule has 7 rings (SSSR count). The van der Waals surface area contributed by atoms with E-state index in [2.05, 4.69) is 20.0 Å². The molecular formula is C30H38N6O3. The van der Waals surface area contributed by atoms with Crippen LogP contribution in [-0.4, -0.2) is 47.3 Å². The number of rotatable bonds is 3. The standard InChI is InChI=1S/C30H38N6O3/c1-18-28(37)32-30(39)36(33-18)27-29(38)35(26-12-5-4-11-25(26)31-27)24-16-21-9-6-10-22(17-24)34(21)23-14-19-7-2-3-8-20(13-19)15-23/h4-5,11-12,19-24H,2-3,6-10,13-17H2,1H3,(H,32,37,39)/t19-,20+,21-,22+,23-,24+. The van der Waals surface area contributed by atoms with Crippen LogP contribution in [0, 0.1) is 18.8 Å². The summed E-state index contributed by atoms with van der Waals surface area (Å²) >= 11 is 0. The van der Waals surface area contributed by atoms with Gasteiger partial charge in [0.05, 0.1) is 11.0 Å². The first-order valence-electron chi connectivity index (χ1n) is 15.0. The fourth-order valence-electron chi connectivity index (χ4n) is 8.57. The van der Waals surface area contributed by atoms with Crippen LogP contribution in [0.3, 0.4) is 0 Å². The van der Waals surface area contributed by atoms with E-state index < -0.39 is 11.2 Å². The van der Waals surface area contributed by atoms with Crippen LogP contribution in [0.2, 0.25) is 0 Å². The molecule has 4 heterocycles. The number of hydrogen-bond acceptors (Lipinski definition) is 6. The fraction of sp³-hybridized carbons (Fsp3) is 0.633. The predicted molar refractivity (Wildman–Crippen MR) is 149 cm³/mol. The van der Waals surface area contributed by atoms with E-state index in [4.69, 9.17) is 0 Å². The van der Waals surface area contributed by atoms with Gasteiger partial charge in [0.25, 0.3) is 11.1 Å². The summed E-state index contributed by atoms with van der Waals surface area (Å²) < 4.78 is 2.84. The molecule has 0 unspecified atom stereocenters. The molecule has 9 heteroatoms. The second kappa shape index (κ2) is 9.84. The maximum atomic E-state index is 14.1. The van der Waals surface area contributed by atoms with E-state index in [-0.39, 0.29) is 23.1 Å². The Morgan fingerprint density at radius 2 is 1.49 bits per heavy atom. The fourth-order valence-corrected chi connectivity index (χ4v) is 8.57. The average molecular weight is 531 g/mol. The van der Waals surface area contributed by atoms with Crippen molar-refractivity contribution < 1.29 is 0 Å². The van der Waals surface area contributed by atoms with Gasteiger partial charge in [-0.05, 0) is 75.8 Å². The summed E-state index contributed by atoms with van der Waals surface area (Å²) in [4.78, 5) is 48.5. The van der Waals surface area contributed by atoms with Gasteiger partial charge in [-0.25, -0.2) is 9.78 Å². The van der Waals surface area contributed by atoms with Gasteiger partial charge in [-0.2, -0.15) is 9.78 Å². The van der Waals surface area contributed by atoms with Crippen LogP contribution < -0.4 is 16.8 Å². The van der Waals surface area contributed by atoms with Crippen molar-refractivity contribution in [2.75, 3.05) is 0 Å². The molecule has 39 heavy (non-hydrogen) atoms. The Morgan fingerprint density at radius 3 is 2.21 bits per heavy atom. The molecule has 2 aromatic heterocycles. The van der Waals surface area contributed by atoms with Crippen LogP contribution >= 0.6 is 0 Å². The van der Waals surface area contributed by atoms with Gasteiger partial charge >= 0.3 is 5.69 Å². The zero-order chi connectivity index (χ0) is 26.7. The zero-order valence-electron chi connectivity index (χ0n) is 22.7. The number of aromatic amines is 1. The minimum absolute atomic E-state index is 0.0288. The van der Waals surface area contributed by atoms with Gasteiger partial charge in [-0.1, -0.05) is 44.2 Å². The second-order valence-electron chi connectivity index (χ2n) is 12.5. The number of benzene rings is 1. The van der Waals surface area contributed by atoms with Gasteiger partial charge < -0.3 is 4.57 Å². The van der Waals surface area contributed by atoms with Crippen molar-refractivity contribution in [3.8, 4) is 5.82 Å². The predicted octanol–water partition coefficient (Wildman–Crippen LogP) is 3.86. The maximum absolute atomic E-state index is 14.1. The van der Waals surface area contributed by atoms with Crippen LogP contribution in [0.1, 0.15) is 88.8 Å². The highest BCUT2D eigenvalue weighted by Gasteiger charge is 2.45. The Hall–Kier alpha value is -3.07. The number of piperidine rings is 2. The lowest BCUT2D eigenvalue weighted by molar-refractivity contribution is -0.0420. The molecule has 4 fully saturated rings. The summed E-state index contributed by atoms with van der Waals surface area (Å²) in [5.41, 5.74) is -0.0711. The number of para-hydroxylation sites is 2. The summed E-state index contributed by atoms with van der Waals surface area (Å²) in [5.74, 6) is 1.72. The summed E-state index contributed by atoms with van der Waals surface area (Å²) in [6.07, 6.45) is 15.2. The third-order valence-electron chi connectivity index (χ3n) is 10.1. The van der Waals surface area contributed by atoms with Gasteiger partial charge in [0.2, 0.25) is 5.82 Å². The van der Waals surface area contributed by atoms with E-state index in [1.165, 1.54) is 71.1 Å². The summed E-state index contributed by atoms with van der Waals surface area (Å²) in [6.45, 7) is 1.52. The van der Waals surface area contributed by atoms with Crippen LogP contribution in [0.25, 0.3) is 16.9 Å². The molecule has 1 N–H and O–H groups in total. The van der Waals surface area contributed by atoms with Crippen LogP contribution in [-0.2, 0) is 0 Å². The first kappa shape index (κ1) is 24.9. The van der Waals surface area contributed by atoms with Crippen molar-refractivity contribution in [3.63, 3.8) is 0 Å². The number of aryl methyl sites for hydroxylation is 1. The molecule has 4 bridgehead atoms. The van der Waals surface area contributed by atoms with Crippen molar-refractivity contribution in [1.29, 1.82) is 0 Å². The van der Waals surface area contributed by atoms with Gasteiger partial charge in [0.1, 0.15) is 5.69 Å². The summed E-state index contributed by atoms with van der Waals surface area (Å²) in [5, 5.41) is 4.14. The van der Waals surface area contributed by atoms with E-state index in [9.17, 15) is 14.4 Å². The molecule has 6 atom stereocenters. The lowest BCUT2D eigenvalue weighted by atomic mass is 9.73. The van der Waals surface area contributed by atoms with Crippen molar-refractivity contribution in [3.05, 3.63) is 61.2 Å². The smallest absolute Gasteiger partial charge is 0.300 e. The summed E-state index contributed by atoms with van der Waals surface area (Å²) in [6, 6.07) is 9.32. The Kier molecular flexibility index (Phi) is 6.29. The highest BCUT2D eigenvalue weighted by atomic mass is 16.2. The van der Waals surface area contributed by atoms with Crippen LogP contribution in [0.15, 0.2) is 38.6 Å². The minimum atomic E-state index is -0.748. The van der Waals surface area contributed by atoms with E-state index in [1.54, 1.807) is 0 Å². The van der Waals surface area contributed by atoms with Crippen molar-refractivity contribution >= 4 is 11.0 Å². The van der Waals surface area contributed by atoms with Gasteiger partial charge in [-0.3, -0.25) is 19.5 Å². The molecule has 206 valence electrons. The Balaban J connectivity index is 1.28. The van der Waals surface area contributed by atoms with Gasteiger partial charge in [0, 0.05) is 24.2 Å². The highest BCUT2D eigenvalue weighted by molar-refractivity contribution is 5.75. The first-order valence-corrected chi connectivity index (χ1v) is 15.0. The van der Waals surface area contributed by atoms with Crippen LogP contribution in [0.4, 0.5) is 0 Å². The number of fused-ring (bicyclic) bond motifs is 5. The molecule has 3 aromatic rings. The molecule has 0 amide bonds. The third kappa shape index (κ3) is 4.39. The molecule has 0 spiro atoms. The molecule has 2 saturated heterocycles. The number of hydrogen-bond donors (Lipinski definition) is 1. The molecule has 0 radical (unpaired) electrons. The molecule has 2 aliphatic heterocycles. The van der Waals surface area contributed by atoms with Crippen LogP contribution in [0.5, 0.6) is 0 Å². The quantitative estimate of drug-likeness (QED) is 0.551. The Bertz CT molecular complexity index is 1550.